The number of para-hydroxylation sites is 2. The first kappa shape index (κ1) is 16.6. The Labute approximate surface area is 145 Å². The largest absolute Gasteiger partial charge is 0.493 e. The van der Waals surface area contributed by atoms with Gasteiger partial charge in [0.25, 0.3) is 5.89 Å². The molecule has 0 bridgehead atoms. The highest BCUT2D eigenvalue weighted by molar-refractivity contribution is 5.50. The maximum absolute atomic E-state index is 5.69. The minimum absolute atomic E-state index is 0.113. The van der Waals surface area contributed by atoms with Crippen molar-refractivity contribution in [1.82, 2.24) is 10.1 Å². The lowest BCUT2D eigenvalue weighted by atomic mass is 10.3. The van der Waals surface area contributed by atoms with Crippen LogP contribution < -0.4 is 18.9 Å². The molecular formula is C18H18N2O5. The predicted molar refractivity (Wildman–Crippen MR) is 89.0 cm³/mol. The van der Waals surface area contributed by atoms with E-state index in [0.717, 1.165) is 5.75 Å². The maximum Gasteiger partial charge on any atom is 0.264 e. The van der Waals surface area contributed by atoms with E-state index in [1.165, 1.54) is 0 Å². The summed E-state index contributed by atoms with van der Waals surface area (Å²) in [6, 6.07) is 14.8. The van der Waals surface area contributed by atoms with Crippen molar-refractivity contribution in [3.63, 3.8) is 0 Å². The van der Waals surface area contributed by atoms with Gasteiger partial charge in [-0.2, -0.15) is 4.98 Å². The number of rotatable bonds is 8. The van der Waals surface area contributed by atoms with Gasteiger partial charge in [0.05, 0.1) is 14.2 Å². The van der Waals surface area contributed by atoms with Gasteiger partial charge in [0.1, 0.15) is 5.75 Å². The van der Waals surface area contributed by atoms with Crippen molar-refractivity contribution in [2.45, 2.75) is 13.2 Å². The van der Waals surface area contributed by atoms with Crippen LogP contribution in [0.15, 0.2) is 53.1 Å². The monoisotopic (exact) mass is 342 g/mol. The quantitative estimate of drug-likeness (QED) is 0.622. The highest BCUT2D eigenvalue weighted by Crippen LogP contribution is 2.36. The lowest BCUT2D eigenvalue weighted by molar-refractivity contribution is 0.229. The van der Waals surface area contributed by atoms with Crippen molar-refractivity contribution in [2.24, 2.45) is 0 Å². The van der Waals surface area contributed by atoms with Crippen molar-refractivity contribution in [3.05, 3.63) is 60.2 Å². The van der Waals surface area contributed by atoms with Gasteiger partial charge in [-0.05, 0) is 24.3 Å². The van der Waals surface area contributed by atoms with Gasteiger partial charge in [0.2, 0.25) is 11.6 Å². The third-order valence-corrected chi connectivity index (χ3v) is 3.34. The molecule has 0 saturated heterocycles. The number of ether oxygens (including phenoxy) is 4. The Balaban J connectivity index is 1.59. The van der Waals surface area contributed by atoms with Gasteiger partial charge in [-0.25, -0.2) is 0 Å². The van der Waals surface area contributed by atoms with E-state index in [4.69, 9.17) is 23.5 Å². The predicted octanol–water partition coefficient (Wildman–Crippen LogP) is 3.24. The fraction of sp³-hybridized carbons (Fsp3) is 0.222. The number of hydrogen-bond acceptors (Lipinski definition) is 7. The van der Waals surface area contributed by atoms with Gasteiger partial charge in [-0.15, -0.1) is 0 Å². The lowest BCUT2D eigenvalue weighted by Crippen LogP contribution is -2.01. The van der Waals surface area contributed by atoms with Crippen molar-refractivity contribution in [2.75, 3.05) is 14.2 Å². The molecule has 0 saturated carbocycles. The van der Waals surface area contributed by atoms with Crippen LogP contribution in [0.1, 0.15) is 11.7 Å². The van der Waals surface area contributed by atoms with E-state index in [9.17, 15) is 0 Å². The standard InChI is InChI=1S/C18H18N2O5/c1-21-14-9-6-10-15(18(14)22-2)24-12-17-19-16(20-25-17)11-23-13-7-4-3-5-8-13/h3-10H,11-12H2,1-2H3. The molecule has 0 radical (unpaired) electrons. The summed E-state index contributed by atoms with van der Waals surface area (Å²) in [5, 5.41) is 3.87. The van der Waals surface area contributed by atoms with E-state index in [2.05, 4.69) is 10.1 Å². The normalized spacial score (nSPS) is 10.3. The van der Waals surface area contributed by atoms with Gasteiger partial charge in [0.15, 0.2) is 24.7 Å². The number of hydrogen-bond donors (Lipinski definition) is 0. The molecule has 1 heterocycles. The highest BCUT2D eigenvalue weighted by Gasteiger charge is 2.13. The highest BCUT2D eigenvalue weighted by atomic mass is 16.5. The van der Waals surface area contributed by atoms with Crippen LogP contribution in [0.5, 0.6) is 23.0 Å². The topological polar surface area (TPSA) is 75.8 Å². The third kappa shape index (κ3) is 4.20. The van der Waals surface area contributed by atoms with Crippen LogP contribution in [0.25, 0.3) is 0 Å². The second-order valence-corrected chi connectivity index (χ2v) is 4.99. The average Bonchev–Trinajstić information content (AvgIpc) is 3.13. The molecule has 0 aliphatic carbocycles. The summed E-state index contributed by atoms with van der Waals surface area (Å²) in [5.41, 5.74) is 0. The molecular weight excluding hydrogens is 324 g/mol. The van der Waals surface area contributed by atoms with Crippen LogP contribution >= 0.6 is 0 Å². The Hall–Kier alpha value is -3.22. The van der Waals surface area contributed by atoms with Gasteiger partial charge >= 0.3 is 0 Å². The second-order valence-electron chi connectivity index (χ2n) is 4.99. The van der Waals surface area contributed by atoms with E-state index >= 15 is 0 Å². The van der Waals surface area contributed by atoms with E-state index < -0.39 is 0 Å². The number of nitrogens with zero attached hydrogens (tertiary/aromatic N) is 2. The van der Waals surface area contributed by atoms with Crippen molar-refractivity contribution >= 4 is 0 Å². The van der Waals surface area contributed by atoms with Crippen LogP contribution in [0, 0.1) is 0 Å². The summed E-state index contributed by atoms with van der Waals surface area (Å²) in [6.45, 7) is 0.331. The molecule has 3 rings (SSSR count). The lowest BCUT2D eigenvalue weighted by Gasteiger charge is -2.12. The summed E-state index contributed by atoms with van der Waals surface area (Å²) in [7, 11) is 3.12. The van der Waals surface area contributed by atoms with Crippen LogP contribution in [-0.4, -0.2) is 24.4 Å². The Bertz CT molecular complexity index is 804. The summed E-state index contributed by atoms with van der Waals surface area (Å²) >= 11 is 0. The Morgan fingerprint density at radius 1 is 0.840 bits per heavy atom. The second kappa shape index (κ2) is 8.05. The number of methoxy groups -OCH3 is 2. The van der Waals surface area contributed by atoms with Crippen LogP contribution in [0.4, 0.5) is 0 Å². The molecule has 3 aromatic rings. The number of benzene rings is 2. The Morgan fingerprint density at radius 2 is 1.64 bits per heavy atom. The molecule has 0 N–H and O–H groups in total. The molecule has 0 aliphatic heterocycles. The van der Waals surface area contributed by atoms with Crippen molar-refractivity contribution < 1.29 is 23.5 Å². The zero-order valence-corrected chi connectivity index (χ0v) is 14.0. The van der Waals surface area contributed by atoms with Gasteiger partial charge in [-0.1, -0.05) is 29.4 Å². The molecule has 7 heteroatoms. The SMILES string of the molecule is COc1cccc(OCc2nc(COc3ccccc3)no2)c1OC. The molecule has 0 fully saturated rings. The first-order valence-electron chi connectivity index (χ1n) is 7.63. The minimum atomic E-state index is 0.113. The zero-order chi connectivity index (χ0) is 17.5. The van der Waals surface area contributed by atoms with Crippen molar-refractivity contribution in [1.29, 1.82) is 0 Å². The smallest absolute Gasteiger partial charge is 0.264 e. The Kier molecular flexibility index (Phi) is 5.36. The van der Waals surface area contributed by atoms with Crippen LogP contribution in [0.3, 0.4) is 0 Å². The van der Waals surface area contributed by atoms with Gasteiger partial charge in [0, 0.05) is 0 Å². The molecule has 2 aromatic carbocycles. The summed E-state index contributed by atoms with van der Waals surface area (Å²) in [5.74, 6) is 3.16. The molecule has 0 amide bonds. The minimum Gasteiger partial charge on any atom is -0.493 e. The molecule has 7 nitrogen and oxygen atoms in total. The molecule has 0 unspecified atom stereocenters. The van der Waals surface area contributed by atoms with Gasteiger partial charge in [-0.3, -0.25) is 0 Å². The summed E-state index contributed by atoms with van der Waals surface area (Å²) < 4.78 is 27.0. The third-order valence-electron chi connectivity index (χ3n) is 3.34. The zero-order valence-electron chi connectivity index (χ0n) is 14.0. The van der Waals surface area contributed by atoms with E-state index in [1.54, 1.807) is 26.4 Å². The fourth-order valence-electron chi connectivity index (χ4n) is 2.18. The van der Waals surface area contributed by atoms with Crippen molar-refractivity contribution in [3.8, 4) is 23.0 Å². The summed E-state index contributed by atoms with van der Waals surface area (Å²) in [4.78, 5) is 4.24. The first-order chi connectivity index (χ1) is 12.3. The average molecular weight is 342 g/mol. The molecule has 130 valence electrons. The molecule has 25 heavy (non-hydrogen) atoms. The van der Waals surface area contributed by atoms with E-state index in [1.807, 2.05) is 36.4 Å². The Morgan fingerprint density at radius 3 is 2.40 bits per heavy atom. The molecule has 0 aliphatic rings. The molecule has 0 spiro atoms. The van der Waals surface area contributed by atoms with E-state index in [0.29, 0.717) is 29.0 Å². The molecule has 1 aromatic heterocycles. The summed E-state index contributed by atoms with van der Waals surface area (Å²) in [6.07, 6.45) is 0. The molecule has 0 atom stereocenters. The van der Waals surface area contributed by atoms with Crippen LogP contribution in [-0.2, 0) is 13.2 Å². The fourth-order valence-corrected chi connectivity index (χ4v) is 2.18. The maximum atomic E-state index is 5.69. The number of aromatic nitrogens is 2. The van der Waals surface area contributed by atoms with Gasteiger partial charge < -0.3 is 23.5 Å². The van der Waals surface area contributed by atoms with Crippen LogP contribution in [0.2, 0.25) is 0 Å². The first-order valence-corrected chi connectivity index (χ1v) is 7.63. The van der Waals surface area contributed by atoms with E-state index in [-0.39, 0.29) is 13.2 Å².